The summed E-state index contributed by atoms with van der Waals surface area (Å²) in [6.07, 6.45) is 0.955. The predicted molar refractivity (Wildman–Crippen MR) is 89.7 cm³/mol. The zero-order valence-corrected chi connectivity index (χ0v) is 13.0. The molecule has 0 aliphatic carbocycles. The number of thioether (sulfide) groups is 2. The largest absolute Gasteiger partial charge is 0.493 e. The van der Waals surface area contributed by atoms with Crippen LogP contribution in [0.5, 0.6) is 5.75 Å². The molecule has 3 rings (SSSR count). The van der Waals surface area contributed by atoms with E-state index in [1.165, 1.54) is 22.6 Å². The van der Waals surface area contributed by atoms with Gasteiger partial charge in [-0.15, -0.1) is 23.5 Å². The third kappa shape index (κ3) is 3.74. The van der Waals surface area contributed by atoms with Gasteiger partial charge in [0.25, 0.3) is 0 Å². The highest BCUT2D eigenvalue weighted by atomic mass is 32.2. The van der Waals surface area contributed by atoms with Crippen molar-refractivity contribution in [3.63, 3.8) is 0 Å². The molecular formula is C17H18OS2. The lowest BCUT2D eigenvalue weighted by molar-refractivity contribution is 0.322. The summed E-state index contributed by atoms with van der Waals surface area (Å²) in [4.78, 5) is 0. The Kier molecular flexibility index (Phi) is 4.93. The molecule has 0 radical (unpaired) electrons. The highest BCUT2D eigenvalue weighted by Crippen LogP contribution is 2.45. The van der Waals surface area contributed by atoms with Gasteiger partial charge >= 0.3 is 0 Å². The fourth-order valence-electron chi connectivity index (χ4n) is 2.20. The zero-order chi connectivity index (χ0) is 13.6. The summed E-state index contributed by atoms with van der Waals surface area (Å²) < 4.78 is 6.43. The smallest absolute Gasteiger partial charge is 0.119 e. The normalized spacial score (nSPS) is 15.4. The van der Waals surface area contributed by atoms with Crippen molar-refractivity contribution in [2.24, 2.45) is 0 Å². The van der Waals surface area contributed by atoms with Crippen molar-refractivity contribution in [3.8, 4) is 5.75 Å². The molecule has 3 heteroatoms. The maximum Gasteiger partial charge on any atom is 0.119 e. The van der Waals surface area contributed by atoms with E-state index in [0.29, 0.717) is 4.58 Å². The molecule has 2 aromatic rings. The zero-order valence-electron chi connectivity index (χ0n) is 11.3. The number of ether oxygens (including phenoxy) is 1. The quantitative estimate of drug-likeness (QED) is 0.786. The van der Waals surface area contributed by atoms with Crippen LogP contribution in [0.2, 0.25) is 0 Å². The summed E-state index contributed by atoms with van der Waals surface area (Å²) in [6.45, 7) is 0.732. The number of benzene rings is 2. The van der Waals surface area contributed by atoms with Gasteiger partial charge in [0, 0.05) is 17.9 Å². The highest BCUT2D eigenvalue weighted by Gasteiger charge is 2.17. The van der Waals surface area contributed by atoms with Gasteiger partial charge in [-0.05, 0) is 23.3 Å². The Labute approximate surface area is 129 Å². The number of hydrogen-bond donors (Lipinski definition) is 0. The van der Waals surface area contributed by atoms with Gasteiger partial charge in [-0.25, -0.2) is 0 Å². The van der Waals surface area contributed by atoms with Crippen LogP contribution in [0.25, 0.3) is 0 Å². The fraction of sp³-hybridized carbons (Fsp3) is 0.294. The molecule has 2 aromatic carbocycles. The van der Waals surface area contributed by atoms with Crippen molar-refractivity contribution >= 4 is 23.5 Å². The summed E-state index contributed by atoms with van der Waals surface area (Å²) in [7, 11) is 0. The summed E-state index contributed by atoms with van der Waals surface area (Å²) >= 11 is 4.08. The van der Waals surface area contributed by atoms with Crippen LogP contribution in [0, 0.1) is 0 Å². The van der Waals surface area contributed by atoms with E-state index in [-0.39, 0.29) is 0 Å². The van der Waals surface area contributed by atoms with Gasteiger partial charge in [-0.2, -0.15) is 0 Å². The molecule has 1 nitrogen and oxygen atoms in total. The summed E-state index contributed by atoms with van der Waals surface area (Å²) in [5.41, 5.74) is 2.73. The van der Waals surface area contributed by atoms with Crippen molar-refractivity contribution in [1.82, 2.24) is 0 Å². The third-order valence-corrected chi connectivity index (χ3v) is 6.38. The molecule has 0 amide bonds. The van der Waals surface area contributed by atoms with Crippen LogP contribution >= 0.6 is 23.5 Å². The second-order valence-corrected chi connectivity index (χ2v) is 7.45. The van der Waals surface area contributed by atoms with E-state index in [1.54, 1.807) is 0 Å². The minimum Gasteiger partial charge on any atom is -0.493 e. The first-order chi connectivity index (χ1) is 9.92. The first-order valence-electron chi connectivity index (χ1n) is 6.92. The van der Waals surface area contributed by atoms with Crippen LogP contribution in [0.4, 0.5) is 0 Å². The lowest BCUT2D eigenvalue weighted by Crippen LogP contribution is -2.01. The lowest BCUT2D eigenvalue weighted by Gasteiger charge is -2.10. The van der Waals surface area contributed by atoms with Crippen LogP contribution in [-0.4, -0.2) is 18.1 Å². The molecule has 0 unspecified atom stereocenters. The first kappa shape index (κ1) is 13.9. The van der Waals surface area contributed by atoms with Gasteiger partial charge in [-0.3, -0.25) is 0 Å². The second-order valence-electron chi connectivity index (χ2n) is 4.73. The van der Waals surface area contributed by atoms with Gasteiger partial charge < -0.3 is 4.74 Å². The Balaban J connectivity index is 1.50. The molecular weight excluding hydrogens is 284 g/mol. The van der Waals surface area contributed by atoms with Crippen molar-refractivity contribution in [1.29, 1.82) is 0 Å². The van der Waals surface area contributed by atoms with Crippen molar-refractivity contribution in [2.75, 3.05) is 18.1 Å². The molecule has 20 heavy (non-hydrogen) atoms. The van der Waals surface area contributed by atoms with Crippen LogP contribution in [0.3, 0.4) is 0 Å². The Morgan fingerprint density at radius 2 is 1.60 bits per heavy atom. The Bertz CT molecular complexity index is 518. The van der Waals surface area contributed by atoms with Gasteiger partial charge in [0.05, 0.1) is 11.2 Å². The summed E-state index contributed by atoms with van der Waals surface area (Å²) in [5.74, 6) is 3.51. The molecule has 0 bridgehead atoms. The molecule has 0 aromatic heterocycles. The first-order valence-corrected chi connectivity index (χ1v) is 9.01. The van der Waals surface area contributed by atoms with E-state index >= 15 is 0 Å². The van der Waals surface area contributed by atoms with Gasteiger partial charge in [0.15, 0.2) is 0 Å². The van der Waals surface area contributed by atoms with Crippen molar-refractivity contribution < 1.29 is 4.74 Å². The average Bonchev–Trinajstić information content (AvgIpc) is 3.03. The Morgan fingerprint density at radius 1 is 0.900 bits per heavy atom. The van der Waals surface area contributed by atoms with Gasteiger partial charge in [-0.1, -0.05) is 42.5 Å². The molecule has 1 aliphatic heterocycles. The molecule has 0 N–H and O–H groups in total. The van der Waals surface area contributed by atoms with Gasteiger partial charge in [0.1, 0.15) is 5.75 Å². The SMILES string of the molecule is c1ccc(CCOc2ccc(C3SCCS3)cc2)cc1. The molecule has 1 saturated heterocycles. The minimum absolute atomic E-state index is 0.619. The van der Waals surface area contributed by atoms with E-state index in [4.69, 9.17) is 4.74 Å². The maximum absolute atomic E-state index is 5.81. The molecule has 0 saturated carbocycles. The van der Waals surface area contributed by atoms with E-state index in [9.17, 15) is 0 Å². The summed E-state index contributed by atoms with van der Waals surface area (Å²) in [6, 6.07) is 19.1. The monoisotopic (exact) mass is 302 g/mol. The van der Waals surface area contributed by atoms with Crippen molar-refractivity contribution in [2.45, 2.75) is 11.0 Å². The Hall–Kier alpha value is -1.06. The van der Waals surface area contributed by atoms with Crippen molar-refractivity contribution in [3.05, 3.63) is 65.7 Å². The molecule has 104 valence electrons. The Morgan fingerprint density at radius 3 is 2.30 bits per heavy atom. The molecule has 0 spiro atoms. The van der Waals surface area contributed by atoms with E-state index in [0.717, 1.165) is 18.8 Å². The third-order valence-electron chi connectivity index (χ3n) is 3.28. The number of rotatable bonds is 5. The molecule has 1 fully saturated rings. The lowest BCUT2D eigenvalue weighted by atomic mass is 10.2. The predicted octanol–water partition coefficient (Wildman–Crippen LogP) is 4.79. The standard InChI is InChI=1S/C17H18OS2/c1-2-4-14(5-3-1)10-11-18-16-8-6-15(7-9-16)17-19-12-13-20-17/h1-9,17H,10-13H2. The fourth-order valence-corrected chi connectivity index (χ4v) is 5.06. The van der Waals surface area contributed by atoms with E-state index in [1.807, 2.05) is 29.6 Å². The molecule has 1 aliphatic rings. The van der Waals surface area contributed by atoms with Crippen LogP contribution in [0.15, 0.2) is 54.6 Å². The van der Waals surface area contributed by atoms with Crippen LogP contribution in [-0.2, 0) is 6.42 Å². The summed E-state index contributed by atoms with van der Waals surface area (Å²) in [5, 5.41) is 0. The minimum atomic E-state index is 0.619. The second kappa shape index (κ2) is 7.09. The van der Waals surface area contributed by atoms with E-state index in [2.05, 4.69) is 48.5 Å². The average molecular weight is 302 g/mol. The number of hydrogen-bond acceptors (Lipinski definition) is 3. The van der Waals surface area contributed by atoms with Crippen LogP contribution < -0.4 is 4.74 Å². The molecule has 0 atom stereocenters. The van der Waals surface area contributed by atoms with Gasteiger partial charge in [0.2, 0.25) is 0 Å². The topological polar surface area (TPSA) is 9.23 Å². The highest BCUT2D eigenvalue weighted by molar-refractivity contribution is 8.19. The molecule has 1 heterocycles. The van der Waals surface area contributed by atoms with Crippen LogP contribution in [0.1, 0.15) is 15.7 Å². The maximum atomic E-state index is 5.81. The van der Waals surface area contributed by atoms with E-state index < -0.39 is 0 Å².